The third-order valence-electron chi connectivity index (χ3n) is 5.27. The minimum atomic E-state index is -5.08. The van der Waals surface area contributed by atoms with Crippen LogP contribution in [-0.4, -0.2) is 66.2 Å². The maximum Gasteiger partial charge on any atom is 0.490 e. The summed E-state index contributed by atoms with van der Waals surface area (Å²) >= 11 is 0. The Morgan fingerprint density at radius 2 is 2.11 bits per heavy atom. The number of nitrogens with zero attached hydrogens (tertiary/aromatic N) is 1. The third-order valence-corrected chi connectivity index (χ3v) is 5.27. The fourth-order valence-electron chi connectivity index (χ4n) is 3.92. The molecule has 3 heterocycles. The molecule has 9 heteroatoms. The predicted molar refractivity (Wildman–Crippen MR) is 95.9 cm³/mol. The highest BCUT2D eigenvalue weighted by Gasteiger charge is 2.52. The lowest BCUT2D eigenvalue weighted by atomic mass is 9.81. The quantitative estimate of drug-likeness (QED) is 0.825. The minimum Gasteiger partial charge on any atom is -0.475 e. The van der Waals surface area contributed by atoms with Gasteiger partial charge in [-0.15, -0.1) is 0 Å². The fraction of sp³-hybridized carbons (Fsp3) is 0.526. The Labute approximate surface area is 160 Å². The molecule has 0 amide bonds. The Morgan fingerprint density at radius 1 is 1.39 bits per heavy atom. The van der Waals surface area contributed by atoms with Crippen molar-refractivity contribution in [3.05, 3.63) is 36.0 Å². The summed E-state index contributed by atoms with van der Waals surface area (Å²) in [5, 5.41) is 8.46. The Balaban J connectivity index is 0.000000279. The molecule has 2 aromatic rings. The molecule has 1 aromatic heterocycles. The van der Waals surface area contributed by atoms with Crippen LogP contribution in [0.3, 0.4) is 0 Å². The van der Waals surface area contributed by atoms with Gasteiger partial charge >= 0.3 is 12.1 Å². The van der Waals surface area contributed by atoms with Crippen molar-refractivity contribution < 1.29 is 32.5 Å². The number of ether oxygens (including phenoxy) is 2. The molecule has 1 atom stereocenters. The van der Waals surface area contributed by atoms with Crippen LogP contribution in [0, 0.1) is 5.92 Å². The number of hydrogen-bond donors (Lipinski definition) is 2. The van der Waals surface area contributed by atoms with Crippen molar-refractivity contribution in [1.29, 1.82) is 0 Å². The third kappa shape index (κ3) is 4.31. The van der Waals surface area contributed by atoms with E-state index >= 15 is 0 Å². The first kappa shape index (κ1) is 20.6. The highest BCUT2D eigenvalue weighted by Crippen LogP contribution is 2.40. The molecule has 2 saturated heterocycles. The van der Waals surface area contributed by atoms with E-state index in [0.29, 0.717) is 5.92 Å². The van der Waals surface area contributed by atoms with E-state index in [2.05, 4.69) is 34.1 Å². The van der Waals surface area contributed by atoms with Crippen LogP contribution < -0.4 is 0 Å². The van der Waals surface area contributed by atoms with Crippen LogP contribution >= 0.6 is 0 Å². The molecule has 154 valence electrons. The number of methoxy groups -OCH3 is 1. The van der Waals surface area contributed by atoms with Crippen LogP contribution in [0.15, 0.2) is 30.5 Å². The van der Waals surface area contributed by atoms with E-state index in [-0.39, 0.29) is 5.60 Å². The number of fused-ring (bicyclic) bond motifs is 1. The molecule has 4 rings (SSSR count). The average Bonchev–Trinajstić information content (AvgIpc) is 3.22. The van der Waals surface area contributed by atoms with Crippen LogP contribution in [0.4, 0.5) is 13.2 Å². The second-order valence-corrected chi connectivity index (χ2v) is 7.16. The van der Waals surface area contributed by atoms with Crippen molar-refractivity contribution in [1.82, 2.24) is 9.88 Å². The molecule has 28 heavy (non-hydrogen) atoms. The number of benzene rings is 1. The number of aromatic nitrogens is 1. The molecular formula is C19H23F3N2O4. The number of hydrogen-bond acceptors (Lipinski definition) is 4. The van der Waals surface area contributed by atoms with Gasteiger partial charge in [-0.25, -0.2) is 4.79 Å². The Bertz CT molecular complexity index is 815. The van der Waals surface area contributed by atoms with Crippen molar-refractivity contribution in [2.24, 2.45) is 5.92 Å². The Hall–Kier alpha value is -2.10. The van der Waals surface area contributed by atoms with Gasteiger partial charge in [0.2, 0.25) is 0 Å². The van der Waals surface area contributed by atoms with E-state index in [4.69, 9.17) is 19.4 Å². The first-order chi connectivity index (χ1) is 13.2. The molecule has 6 nitrogen and oxygen atoms in total. The van der Waals surface area contributed by atoms with Crippen molar-refractivity contribution in [2.45, 2.75) is 24.7 Å². The largest absolute Gasteiger partial charge is 0.490 e. The molecule has 1 unspecified atom stereocenters. The molecule has 2 N–H and O–H groups in total. The SMILES string of the molecule is COCC1CCOC12CN(Cc1cccc3[nH]ccc13)C2.O=C(O)C(F)(F)F. The molecule has 1 spiro atoms. The standard InChI is InChI=1S/C17H22N2O2.C2HF3O2/c1-20-10-14-6-8-21-17(14)11-19(12-17)9-13-3-2-4-16-15(13)5-7-18-16;3-2(4,5)1(6)7/h2-5,7,14,18H,6,8-12H2,1H3;(H,6,7). The first-order valence-corrected chi connectivity index (χ1v) is 8.95. The molecule has 1 aromatic carbocycles. The number of H-pyrrole nitrogens is 1. The zero-order valence-electron chi connectivity index (χ0n) is 15.5. The summed E-state index contributed by atoms with van der Waals surface area (Å²) in [5.74, 6) is -2.20. The van der Waals surface area contributed by atoms with E-state index in [1.807, 2.05) is 6.20 Å². The van der Waals surface area contributed by atoms with E-state index in [9.17, 15) is 13.2 Å². The molecular weight excluding hydrogens is 377 g/mol. The lowest BCUT2D eigenvalue weighted by molar-refractivity contribution is -0.192. The summed E-state index contributed by atoms with van der Waals surface area (Å²) in [4.78, 5) is 14.7. The summed E-state index contributed by atoms with van der Waals surface area (Å²) < 4.78 is 43.1. The molecule has 0 radical (unpaired) electrons. The van der Waals surface area contributed by atoms with Gasteiger partial charge in [-0.1, -0.05) is 12.1 Å². The topological polar surface area (TPSA) is 74.8 Å². The van der Waals surface area contributed by atoms with Crippen LogP contribution in [0.1, 0.15) is 12.0 Å². The van der Waals surface area contributed by atoms with Gasteiger partial charge in [-0.05, 0) is 24.1 Å². The van der Waals surface area contributed by atoms with Gasteiger partial charge in [0.1, 0.15) is 0 Å². The van der Waals surface area contributed by atoms with Crippen molar-refractivity contribution >= 4 is 16.9 Å². The number of carbonyl (C=O) groups is 1. The number of rotatable bonds is 4. The van der Waals surface area contributed by atoms with Gasteiger partial charge in [-0.3, -0.25) is 4.90 Å². The number of nitrogens with one attached hydrogen (secondary N) is 1. The van der Waals surface area contributed by atoms with Crippen LogP contribution in [-0.2, 0) is 20.8 Å². The highest BCUT2D eigenvalue weighted by molar-refractivity contribution is 5.82. The molecule has 2 fully saturated rings. The number of likely N-dealkylation sites (tertiary alicyclic amines) is 1. The zero-order chi connectivity index (χ0) is 20.4. The maximum absolute atomic E-state index is 10.6. The van der Waals surface area contributed by atoms with E-state index in [0.717, 1.165) is 39.3 Å². The van der Waals surface area contributed by atoms with Gasteiger partial charge in [0.05, 0.1) is 12.2 Å². The van der Waals surface area contributed by atoms with E-state index < -0.39 is 12.1 Å². The van der Waals surface area contributed by atoms with Gasteiger partial charge in [0.25, 0.3) is 0 Å². The van der Waals surface area contributed by atoms with Crippen molar-refractivity contribution in [3.63, 3.8) is 0 Å². The average molecular weight is 400 g/mol. The lowest BCUT2D eigenvalue weighted by Gasteiger charge is -2.50. The fourth-order valence-corrected chi connectivity index (χ4v) is 3.92. The van der Waals surface area contributed by atoms with E-state index in [1.165, 1.54) is 16.5 Å². The molecule has 0 aliphatic carbocycles. The monoisotopic (exact) mass is 400 g/mol. The van der Waals surface area contributed by atoms with Gasteiger partial charge in [0.15, 0.2) is 0 Å². The van der Waals surface area contributed by atoms with Crippen molar-refractivity contribution in [2.75, 3.05) is 33.4 Å². The summed E-state index contributed by atoms with van der Waals surface area (Å²) in [6, 6.07) is 8.65. The number of alkyl halides is 3. The van der Waals surface area contributed by atoms with Crippen LogP contribution in [0.25, 0.3) is 10.9 Å². The number of carboxylic acid groups (broad SMARTS) is 1. The summed E-state index contributed by atoms with van der Waals surface area (Å²) in [6.07, 6.45) is -1.93. The van der Waals surface area contributed by atoms with E-state index in [1.54, 1.807) is 7.11 Å². The maximum atomic E-state index is 10.6. The number of aliphatic carboxylic acids is 1. The normalized spacial score (nSPS) is 21.4. The van der Waals surface area contributed by atoms with Crippen molar-refractivity contribution in [3.8, 4) is 0 Å². The molecule has 0 bridgehead atoms. The second-order valence-electron chi connectivity index (χ2n) is 7.16. The smallest absolute Gasteiger partial charge is 0.475 e. The molecule has 2 aliphatic heterocycles. The Kier molecular flexibility index (Phi) is 5.97. The first-order valence-electron chi connectivity index (χ1n) is 8.95. The van der Waals surface area contributed by atoms with Gasteiger partial charge < -0.3 is 19.6 Å². The number of carboxylic acids is 1. The highest BCUT2D eigenvalue weighted by atomic mass is 19.4. The molecule has 2 aliphatic rings. The second kappa shape index (κ2) is 8.10. The summed E-state index contributed by atoms with van der Waals surface area (Å²) in [5.41, 5.74) is 2.67. The van der Waals surface area contributed by atoms with Crippen LogP contribution in [0.5, 0.6) is 0 Å². The zero-order valence-corrected chi connectivity index (χ0v) is 15.5. The van der Waals surface area contributed by atoms with Crippen LogP contribution in [0.2, 0.25) is 0 Å². The minimum absolute atomic E-state index is 0.0576. The Morgan fingerprint density at radius 3 is 2.75 bits per heavy atom. The number of halogens is 3. The number of aromatic amines is 1. The lowest BCUT2D eigenvalue weighted by Crippen LogP contribution is -2.64. The predicted octanol–water partition coefficient (Wildman–Crippen LogP) is 3.04. The van der Waals surface area contributed by atoms with Gasteiger partial charge in [-0.2, -0.15) is 13.2 Å². The van der Waals surface area contributed by atoms with Gasteiger partial charge in [0, 0.05) is 56.4 Å². The molecule has 0 saturated carbocycles. The summed E-state index contributed by atoms with van der Waals surface area (Å²) in [6.45, 7) is 4.76. The summed E-state index contributed by atoms with van der Waals surface area (Å²) in [7, 11) is 1.79.